The number of non-ortho nitro benzene ring substituents is 1. The highest BCUT2D eigenvalue weighted by molar-refractivity contribution is 5.55. The third-order valence-electron chi connectivity index (χ3n) is 3.58. The van der Waals surface area contributed by atoms with Gasteiger partial charge in [0.2, 0.25) is 0 Å². The van der Waals surface area contributed by atoms with Crippen LogP contribution < -0.4 is 5.32 Å². The van der Waals surface area contributed by atoms with Gasteiger partial charge >= 0.3 is 0 Å². The highest BCUT2D eigenvalue weighted by Gasteiger charge is 2.10. The van der Waals surface area contributed by atoms with Crippen LogP contribution in [0.2, 0.25) is 0 Å². The zero-order chi connectivity index (χ0) is 14.7. The van der Waals surface area contributed by atoms with E-state index in [1.807, 2.05) is 19.1 Å². The Hall–Kier alpha value is -2.36. The molecule has 1 atom stereocenters. The number of hydrogen-bond acceptors (Lipinski definition) is 3. The van der Waals surface area contributed by atoms with Crippen molar-refractivity contribution < 1.29 is 4.92 Å². The van der Waals surface area contributed by atoms with Crippen molar-refractivity contribution in [3.63, 3.8) is 0 Å². The molecule has 0 saturated heterocycles. The Balaban J connectivity index is 2.17. The van der Waals surface area contributed by atoms with Crippen LogP contribution in [0.3, 0.4) is 0 Å². The van der Waals surface area contributed by atoms with Crippen molar-refractivity contribution in [1.29, 1.82) is 0 Å². The first-order chi connectivity index (χ1) is 9.49. The first kappa shape index (κ1) is 14.1. The van der Waals surface area contributed by atoms with Crippen molar-refractivity contribution in [2.75, 3.05) is 5.32 Å². The van der Waals surface area contributed by atoms with Gasteiger partial charge in [-0.3, -0.25) is 10.1 Å². The summed E-state index contributed by atoms with van der Waals surface area (Å²) in [6, 6.07) is 12.9. The Morgan fingerprint density at radius 3 is 2.35 bits per heavy atom. The number of anilines is 1. The minimum Gasteiger partial charge on any atom is -0.378 e. The quantitative estimate of drug-likeness (QED) is 0.662. The van der Waals surface area contributed by atoms with E-state index in [1.54, 1.807) is 12.1 Å². The average Bonchev–Trinajstić information content (AvgIpc) is 2.44. The molecule has 4 nitrogen and oxygen atoms in total. The fraction of sp³-hybridized carbons (Fsp3) is 0.250. The number of nitro groups is 1. The fourth-order valence-corrected chi connectivity index (χ4v) is 2.11. The second-order valence-corrected chi connectivity index (χ2v) is 4.96. The van der Waals surface area contributed by atoms with Crippen LogP contribution in [0.1, 0.15) is 29.7 Å². The summed E-state index contributed by atoms with van der Waals surface area (Å²) in [6.45, 7) is 6.21. The summed E-state index contributed by atoms with van der Waals surface area (Å²) < 4.78 is 0. The maximum absolute atomic E-state index is 10.6. The first-order valence-corrected chi connectivity index (χ1v) is 6.56. The molecular formula is C16H18N2O2. The highest BCUT2D eigenvalue weighted by atomic mass is 16.6. The summed E-state index contributed by atoms with van der Waals surface area (Å²) in [5, 5.41) is 14.1. The number of nitrogens with one attached hydrogen (secondary N) is 1. The normalized spacial score (nSPS) is 11.9. The van der Waals surface area contributed by atoms with Gasteiger partial charge in [-0.15, -0.1) is 0 Å². The van der Waals surface area contributed by atoms with E-state index in [9.17, 15) is 10.1 Å². The van der Waals surface area contributed by atoms with E-state index in [-0.39, 0.29) is 16.7 Å². The second kappa shape index (κ2) is 5.74. The second-order valence-electron chi connectivity index (χ2n) is 4.96. The molecule has 0 bridgehead atoms. The lowest BCUT2D eigenvalue weighted by Crippen LogP contribution is -2.08. The largest absolute Gasteiger partial charge is 0.378 e. The number of hydrogen-bond donors (Lipinski definition) is 1. The molecule has 1 unspecified atom stereocenters. The van der Waals surface area contributed by atoms with Crippen LogP contribution in [-0.2, 0) is 0 Å². The van der Waals surface area contributed by atoms with Gasteiger partial charge in [-0.05, 0) is 43.5 Å². The predicted octanol–water partition coefficient (Wildman–Crippen LogP) is 4.38. The van der Waals surface area contributed by atoms with Crippen LogP contribution in [0.5, 0.6) is 0 Å². The van der Waals surface area contributed by atoms with Crippen molar-refractivity contribution in [2.45, 2.75) is 26.8 Å². The standard InChI is InChI=1S/C16H18N2O2/c1-11-5-4-6-16(12(11)2)17-13(3)14-7-9-15(10-8-14)18(19)20/h4-10,13,17H,1-3H3. The Labute approximate surface area is 118 Å². The summed E-state index contributed by atoms with van der Waals surface area (Å²) in [6.07, 6.45) is 0. The molecule has 0 heterocycles. The molecule has 0 fully saturated rings. The lowest BCUT2D eigenvalue weighted by molar-refractivity contribution is -0.384. The molecule has 2 aromatic rings. The maximum Gasteiger partial charge on any atom is 0.269 e. The highest BCUT2D eigenvalue weighted by Crippen LogP contribution is 2.25. The van der Waals surface area contributed by atoms with Crippen LogP contribution in [0.15, 0.2) is 42.5 Å². The fourth-order valence-electron chi connectivity index (χ4n) is 2.11. The van der Waals surface area contributed by atoms with Crippen LogP contribution >= 0.6 is 0 Å². The predicted molar refractivity (Wildman–Crippen MR) is 81.1 cm³/mol. The Bertz CT molecular complexity index is 621. The summed E-state index contributed by atoms with van der Waals surface area (Å²) >= 11 is 0. The van der Waals surface area contributed by atoms with E-state index in [4.69, 9.17) is 0 Å². The maximum atomic E-state index is 10.6. The van der Waals surface area contributed by atoms with Gasteiger partial charge in [0.25, 0.3) is 5.69 Å². The van der Waals surface area contributed by atoms with E-state index < -0.39 is 0 Å². The van der Waals surface area contributed by atoms with E-state index in [0.29, 0.717) is 0 Å². The molecule has 0 aliphatic heterocycles. The van der Waals surface area contributed by atoms with E-state index >= 15 is 0 Å². The molecule has 2 aromatic carbocycles. The monoisotopic (exact) mass is 270 g/mol. The Kier molecular flexibility index (Phi) is 4.03. The van der Waals surface area contributed by atoms with Gasteiger partial charge in [-0.25, -0.2) is 0 Å². The summed E-state index contributed by atoms with van der Waals surface area (Å²) in [7, 11) is 0. The third-order valence-corrected chi connectivity index (χ3v) is 3.58. The van der Waals surface area contributed by atoms with Crippen LogP contribution in [-0.4, -0.2) is 4.92 Å². The zero-order valence-corrected chi connectivity index (χ0v) is 11.9. The first-order valence-electron chi connectivity index (χ1n) is 6.56. The van der Waals surface area contributed by atoms with Gasteiger partial charge in [0.1, 0.15) is 0 Å². The molecule has 0 aromatic heterocycles. The lowest BCUT2D eigenvalue weighted by atomic mass is 10.0. The molecule has 0 spiro atoms. The van der Waals surface area contributed by atoms with Crippen LogP contribution in [0, 0.1) is 24.0 Å². The number of rotatable bonds is 4. The van der Waals surface area contributed by atoms with Crippen molar-refractivity contribution in [3.05, 3.63) is 69.3 Å². The number of nitrogens with zero attached hydrogens (tertiary/aromatic N) is 1. The molecule has 20 heavy (non-hydrogen) atoms. The van der Waals surface area contributed by atoms with Crippen molar-refractivity contribution in [3.8, 4) is 0 Å². The Morgan fingerprint density at radius 1 is 1.10 bits per heavy atom. The van der Waals surface area contributed by atoms with Crippen LogP contribution in [0.4, 0.5) is 11.4 Å². The van der Waals surface area contributed by atoms with Gasteiger partial charge in [0.05, 0.1) is 4.92 Å². The number of aryl methyl sites for hydroxylation is 1. The zero-order valence-electron chi connectivity index (χ0n) is 11.9. The molecular weight excluding hydrogens is 252 g/mol. The third kappa shape index (κ3) is 2.96. The van der Waals surface area contributed by atoms with Crippen molar-refractivity contribution in [1.82, 2.24) is 0 Å². The molecule has 0 radical (unpaired) electrons. The van der Waals surface area contributed by atoms with Crippen molar-refractivity contribution >= 4 is 11.4 Å². The summed E-state index contributed by atoms with van der Waals surface area (Å²) in [5.41, 5.74) is 4.70. The average molecular weight is 270 g/mol. The molecule has 4 heteroatoms. The van der Waals surface area contributed by atoms with Crippen LogP contribution in [0.25, 0.3) is 0 Å². The molecule has 0 aliphatic rings. The van der Waals surface area contributed by atoms with Crippen molar-refractivity contribution in [2.24, 2.45) is 0 Å². The smallest absolute Gasteiger partial charge is 0.269 e. The summed E-state index contributed by atoms with van der Waals surface area (Å²) in [5.74, 6) is 0. The lowest BCUT2D eigenvalue weighted by Gasteiger charge is -2.18. The number of benzene rings is 2. The minimum absolute atomic E-state index is 0.0938. The van der Waals surface area contributed by atoms with Gasteiger partial charge in [0, 0.05) is 23.9 Å². The molecule has 0 aliphatic carbocycles. The Morgan fingerprint density at radius 2 is 1.75 bits per heavy atom. The SMILES string of the molecule is Cc1cccc(NC(C)c2ccc([N+](=O)[O-])cc2)c1C. The van der Waals surface area contributed by atoms with E-state index in [0.717, 1.165) is 11.3 Å². The molecule has 1 N–H and O–H groups in total. The molecule has 104 valence electrons. The molecule has 0 amide bonds. The van der Waals surface area contributed by atoms with E-state index in [2.05, 4.69) is 25.2 Å². The molecule has 0 saturated carbocycles. The summed E-state index contributed by atoms with van der Waals surface area (Å²) in [4.78, 5) is 10.3. The topological polar surface area (TPSA) is 55.2 Å². The number of nitro benzene ring substituents is 1. The van der Waals surface area contributed by atoms with Gasteiger partial charge in [-0.1, -0.05) is 24.3 Å². The minimum atomic E-state index is -0.382. The van der Waals surface area contributed by atoms with E-state index in [1.165, 1.54) is 23.3 Å². The van der Waals surface area contributed by atoms with Gasteiger partial charge < -0.3 is 5.32 Å². The molecule has 2 rings (SSSR count). The van der Waals surface area contributed by atoms with Gasteiger partial charge in [-0.2, -0.15) is 0 Å². The van der Waals surface area contributed by atoms with Gasteiger partial charge in [0.15, 0.2) is 0 Å².